The van der Waals surface area contributed by atoms with Crippen LogP contribution in [-0.2, 0) is 17.6 Å². The Labute approximate surface area is 138 Å². The molecule has 0 atom stereocenters. The topological polar surface area (TPSA) is 107 Å². The van der Waals surface area contributed by atoms with Crippen LogP contribution in [0, 0.1) is 0 Å². The normalized spacial score (nSPS) is 10.9. The van der Waals surface area contributed by atoms with E-state index in [4.69, 9.17) is 9.84 Å². The van der Waals surface area contributed by atoms with E-state index in [1.807, 2.05) is 0 Å². The highest BCUT2D eigenvalue weighted by molar-refractivity contribution is 5.86. The fourth-order valence-electron chi connectivity index (χ4n) is 2.43. The van der Waals surface area contributed by atoms with Crippen LogP contribution < -0.4 is 4.74 Å². The average molecular weight is 330 g/mol. The maximum atomic E-state index is 10.7. The molecule has 0 fully saturated rings. The van der Waals surface area contributed by atoms with Crippen LogP contribution in [0.15, 0.2) is 36.4 Å². The van der Waals surface area contributed by atoms with Gasteiger partial charge in [0.05, 0.1) is 7.11 Å². The summed E-state index contributed by atoms with van der Waals surface area (Å²) in [6, 6.07) is 7.58. The van der Waals surface area contributed by atoms with Crippen LogP contribution in [0.3, 0.4) is 0 Å². The molecule has 2 aromatic carbocycles. The minimum Gasteiger partial charge on any atom is -0.504 e. The predicted octanol–water partition coefficient (Wildman–Crippen LogP) is 2.70. The molecule has 0 bridgehead atoms. The minimum absolute atomic E-state index is 0.0338. The van der Waals surface area contributed by atoms with Crippen LogP contribution >= 0.6 is 0 Å². The zero-order valence-corrected chi connectivity index (χ0v) is 13.1. The number of aliphatic carboxylic acids is 1. The Bertz CT molecular complexity index is 779. The van der Waals surface area contributed by atoms with Gasteiger partial charge in [-0.2, -0.15) is 0 Å². The largest absolute Gasteiger partial charge is 0.504 e. The zero-order chi connectivity index (χ0) is 17.7. The molecule has 0 radical (unpaired) electrons. The van der Waals surface area contributed by atoms with Gasteiger partial charge in [0.15, 0.2) is 23.0 Å². The molecule has 0 aliphatic rings. The van der Waals surface area contributed by atoms with Crippen LogP contribution in [0.5, 0.6) is 23.0 Å². The number of aromatic hydroxyl groups is 3. The van der Waals surface area contributed by atoms with Crippen molar-refractivity contribution in [2.24, 2.45) is 0 Å². The molecule has 0 spiro atoms. The van der Waals surface area contributed by atoms with E-state index in [1.54, 1.807) is 12.1 Å². The molecule has 2 rings (SSSR count). The first-order valence-corrected chi connectivity index (χ1v) is 7.23. The maximum absolute atomic E-state index is 10.7. The number of phenols is 3. The van der Waals surface area contributed by atoms with E-state index in [0.29, 0.717) is 24.0 Å². The Morgan fingerprint density at radius 1 is 1.04 bits per heavy atom. The number of carboxylic acids is 1. The third-order valence-electron chi connectivity index (χ3n) is 3.59. The SMILES string of the molecule is COc1c(O)ccc(/C=C/C(=O)O)c1CCc1ccc(O)c(O)c1. The van der Waals surface area contributed by atoms with Crippen molar-refractivity contribution >= 4 is 12.0 Å². The molecule has 0 unspecified atom stereocenters. The van der Waals surface area contributed by atoms with Crippen molar-refractivity contribution in [3.63, 3.8) is 0 Å². The van der Waals surface area contributed by atoms with Crippen molar-refractivity contribution in [1.29, 1.82) is 0 Å². The second kappa shape index (κ2) is 7.41. The molecule has 0 aromatic heterocycles. The third kappa shape index (κ3) is 3.98. The molecule has 24 heavy (non-hydrogen) atoms. The summed E-state index contributed by atoms with van der Waals surface area (Å²) < 4.78 is 5.23. The third-order valence-corrected chi connectivity index (χ3v) is 3.59. The van der Waals surface area contributed by atoms with Crippen LogP contribution in [0.2, 0.25) is 0 Å². The summed E-state index contributed by atoms with van der Waals surface area (Å²) in [5, 5.41) is 37.6. The molecule has 4 N–H and O–H groups in total. The Hall–Kier alpha value is -3.15. The van der Waals surface area contributed by atoms with Gasteiger partial charge in [-0.25, -0.2) is 4.79 Å². The standard InChI is InChI=1S/C18H18O6/c1-24-18-13(6-2-11-3-7-14(19)16(21)10-11)12(4-8-15(18)20)5-9-17(22)23/h3-5,7-10,19-21H,2,6H2,1H3,(H,22,23)/b9-5+. The van der Waals surface area contributed by atoms with Gasteiger partial charge in [0, 0.05) is 11.6 Å². The number of benzene rings is 2. The zero-order valence-electron chi connectivity index (χ0n) is 13.1. The average Bonchev–Trinajstić information content (AvgIpc) is 2.54. The number of aryl methyl sites for hydroxylation is 1. The van der Waals surface area contributed by atoms with Crippen molar-refractivity contribution in [3.05, 3.63) is 53.1 Å². The molecule has 0 amide bonds. The summed E-state index contributed by atoms with van der Waals surface area (Å²) in [5.41, 5.74) is 2.06. The van der Waals surface area contributed by atoms with Crippen molar-refractivity contribution in [3.8, 4) is 23.0 Å². The minimum atomic E-state index is -1.07. The number of rotatable bonds is 6. The summed E-state index contributed by atoms with van der Waals surface area (Å²) in [6.07, 6.45) is 3.40. The smallest absolute Gasteiger partial charge is 0.328 e. The van der Waals surface area contributed by atoms with Gasteiger partial charge >= 0.3 is 5.97 Å². The first-order valence-electron chi connectivity index (χ1n) is 7.23. The summed E-state index contributed by atoms with van der Waals surface area (Å²) in [6.45, 7) is 0. The van der Waals surface area contributed by atoms with Gasteiger partial charge in [-0.05, 0) is 48.2 Å². The second-order valence-corrected chi connectivity index (χ2v) is 5.18. The van der Waals surface area contributed by atoms with Gasteiger partial charge in [-0.1, -0.05) is 12.1 Å². The number of carboxylic acid groups (broad SMARTS) is 1. The number of phenolic OH excluding ortho intramolecular Hbond substituents is 3. The van der Waals surface area contributed by atoms with Gasteiger partial charge in [0.2, 0.25) is 0 Å². The molecular formula is C18H18O6. The van der Waals surface area contributed by atoms with Gasteiger partial charge in [-0.3, -0.25) is 0 Å². The highest BCUT2D eigenvalue weighted by atomic mass is 16.5. The molecule has 6 heteroatoms. The molecule has 0 aliphatic carbocycles. The molecule has 0 saturated carbocycles. The Morgan fingerprint density at radius 3 is 2.38 bits per heavy atom. The Kier molecular flexibility index (Phi) is 5.31. The van der Waals surface area contributed by atoms with Gasteiger partial charge in [0.25, 0.3) is 0 Å². The molecule has 2 aromatic rings. The number of ether oxygens (including phenoxy) is 1. The Balaban J connectivity index is 2.33. The van der Waals surface area contributed by atoms with Gasteiger partial charge in [0.1, 0.15) is 0 Å². The fourth-order valence-corrected chi connectivity index (χ4v) is 2.43. The van der Waals surface area contributed by atoms with E-state index < -0.39 is 5.97 Å². The molecule has 126 valence electrons. The van der Waals surface area contributed by atoms with E-state index in [0.717, 1.165) is 11.6 Å². The van der Waals surface area contributed by atoms with Crippen molar-refractivity contribution in [1.82, 2.24) is 0 Å². The number of hydrogen-bond donors (Lipinski definition) is 4. The van der Waals surface area contributed by atoms with Crippen molar-refractivity contribution < 1.29 is 30.0 Å². The maximum Gasteiger partial charge on any atom is 0.328 e. The highest BCUT2D eigenvalue weighted by Crippen LogP contribution is 2.34. The highest BCUT2D eigenvalue weighted by Gasteiger charge is 2.13. The molecule has 0 saturated heterocycles. The molecular weight excluding hydrogens is 312 g/mol. The first kappa shape index (κ1) is 17.2. The van der Waals surface area contributed by atoms with Crippen molar-refractivity contribution in [2.45, 2.75) is 12.8 Å². The number of hydrogen-bond acceptors (Lipinski definition) is 5. The predicted molar refractivity (Wildman–Crippen MR) is 88.5 cm³/mol. The Morgan fingerprint density at radius 2 is 1.75 bits per heavy atom. The lowest BCUT2D eigenvalue weighted by Crippen LogP contribution is -1.99. The van der Waals surface area contributed by atoms with Crippen LogP contribution in [0.25, 0.3) is 6.08 Å². The van der Waals surface area contributed by atoms with E-state index in [1.165, 1.54) is 31.4 Å². The quantitative estimate of drug-likeness (QED) is 0.479. The monoisotopic (exact) mass is 330 g/mol. The van der Waals surface area contributed by atoms with Gasteiger partial charge < -0.3 is 25.2 Å². The molecule has 0 aliphatic heterocycles. The summed E-state index contributed by atoms with van der Waals surface area (Å²) in [7, 11) is 1.43. The number of methoxy groups -OCH3 is 1. The second-order valence-electron chi connectivity index (χ2n) is 5.18. The van der Waals surface area contributed by atoms with E-state index >= 15 is 0 Å². The number of carbonyl (C=O) groups is 1. The molecule has 0 heterocycles. The summed E-state index contributed by atoms with van der Waals surface area (Å²) in [4.78, 5) is 10.7. The van der Waals surface area contributed by atoms with Crippen LogP contribution in [-0.4, -0.2) is 33.5 Å². The van der Waals surface area contributed by atoms with Crippen LogP contribution in [0.4, 0.5) is 0 Å². The van der Waals surface area contributed by atoms with E-state index in [2.05, 4.69) is 0 Å². The van der Waals surface area contributed by atoms with E-state index in [9.17, 15) is 20.1 Å². The fraction of sp³-hybridized carbons (Fsp3) is 0.167. The molecule has 6 nitrogen and oxygen atoms in total. The van der Waals surface area contributed by atoms with Crippen LogP contribution in [0.1, 0.15) is 16.7 Å². The van der Waals surface area contributed by atoms with Crippen molar-refractivity contribution in [2.75, 3.05) is 7.11 Å². The van der Waals surface area contributed by atoms with E-state index in [-0.39, 0.29) is 23.0 Å². The lowest BCUT2D eigenvalue weighted by molar-refractivity contribution is -0.131. The summed E-state index contributed by atoms with van der Waals surface area (Å²) >= 11 is 0. The lowest BCUT2D eigenvalue weighted by atomic mass is 9.97. The van der Waals surface area contributed by atoms with Gasteiger partial charge in [-0.15, -0.1) is 0 Å². The lowest BCUT2D eigenvalue weighted by Gasteiger charge is -2.14. The first-order chi connectivity index (χ1) is 11.4. The summed E-state index contributed by atoms with van der Waals surface area (Å²) in [5.74, 6) is -1.23.